The lowest BCUT2D eigenvalue weighted by Crippen LogP contribution is -2.40. The Balaban J connectivity index is 2.04. The van der Waals surface area contributed by atoms with Crippen molar-refractivity contribution in [2.75, 3.05) is 19.0 Å². The van der Waals surface area contributed by atoms with Crippen LogP contribution in [0.2, 0.25) is 0 Å². The lowest BCUT2D eigenvalue weighted by Gasteiger charge is -2.35. The van der Waals surface area contributed by atoms with Gasteiger partial charge in [-0.3, -0.25) is 4.79 Å². The van der Waals surface area contributed by atoms with Crippen LogP contribution in [-0.2, 0) is 0 Å². The van der Waals surface area contributed by atoms with Gasteiger partial charge in [0.15, 0.2) is 0 Å². The molecule has 21 heavy (non-hydrogen) atoms. The number of hydrogen-bond donors (Lipinski definition) is 1. The number of benzene rings is 1. The first-order valence-electron chi connectivity index (χ1n) is 7.28. The summed E-state index contributed by atoms with van der Waals surface area (Å²) in [6, 6.07) is 5.44. The zero-order valence-corrected chi connectivity index (χ0v) is 15.4. The molecule has 0 saturated heterocycles. The molecule has 0 spiro atoms. The summed E-state index contributed by atoms with van der Waals surface area (Å²) < 4.78 is 5.98. The molecule has 3 nitrogen and oxygen atoms in total. The molecule has 0 radical (unpaired) electrons. The number of methoxy groups -OCH3 is 1. The van der Waals surface area contributed by atoms with E-state index in [1.165, 1.54) is 32.1 Å². The summed E-state index contributed by atoms with van der Waals surface area (Å²) in [7, 11) is 1.60. The van der Waals surface area contributed by atoms with Gasteiger partial charge >= 0.3 is 0 Å². The highest BCUT2D eigenvalue weighted by Gasteiger charge is 2.31. The van der Waals surface area contributed by atoms with Gasteiger partial charge in [-0.2, -0.15) is 0 Å². The summed E-state index contributed by atoms with van der Waals surface area (Å²) in [5.74, 6) is 0.642. The smallest absolute Gasteiger partial charge is 0.252 e. The predicted molar refractivity (Wildman–Crippen MR) is 92.3 cm³/mol. The number of hydrogen-bond acceptors (Lipinski definition) is 2. The van der Waals surface area contributed by atoms with E-state index in [0.29, 0.717) is 11.3 Å². The molecule has 1 saturated carbocycles. The van der Waals surface area contributed by atoms with Crippen molar-refractivity contribution in [2.24, 2.45) is 5.41 Å². The van der Waals surface area contributed by atoms with E-state index in [0.717, 1.165) is 16.3 Å². The van der Waals surface area contributed by atoms with Crippen molar-refractivity contribution < 1.29 is 9.53 Å². The Morgan fingerprint density at radius 1 is 1.33 bits per heavy atom. The number of alkyl halides is 1. The topological polar surface area (TPSA) is 38.3 Å². The fraction of sp³-hybridized carbons (Fsp3) is 0.562. The van der Waals surface area contributed by atoms with Crippen LogP contribution in [0.1, 0.15) is 42.5 Å². The van der Waals surface area contributed by atoms with Gasteiger partial charge in [0, 0.05) is 16.3 Å². The summed E-state index contributed by atoms with van der Waals surface area (Å²) in [5, 5.41) is 4.04. The van der Waals surface area contributed by atoms with Crippen LogP contribution in [0.3, 0.4) is 0 Å². The molecule has 1 aromatic carbocycles. The van der Waals surface area contributed by atoms with Crippen LogP contribution in [0.25, 0.3) is 0 Å². The van der Waals surface area contributed by atoms with Crippen LogP contribution >= 0.6 is 31.9 Å². The minimum Gasteiger partial charge on any atom is -0.497 e. The Kier molecular flexibility index (Phi) is 6.11. The van der Waals surface area contributed by atoms with E-state index in [-0.39, 0.29) is 11.3 Å². The number of ether oxygens (including phenoxy) is 1. The number of amides is 1. The van der Waals surface area contributed by atoms with Gasteiger partial charge in [0.05, 0.1) is 12.7 Å². The van der Waals surface area contributed by atoms with E-state index in [9.17, 15) is 4.79 Å². The maximum absolute atomic E-state index is 12.4. The largest absolute Gasteiger partial charge is 0.497 e. The van der Waals surface area contributed by atoms with Gasteiger partial charge < -0.3 is 10.1 Å². The van der Waals surface area contributed by atoms with Gasteiger partial charge in [0.25, 0.3) is 5.91 Å². The molecule has 2 rings (SSSR count). The van der Waals surface area contributed by atoms with Crippen molar-refractivity contribution in [1.29, 1.82) is 0 Å². The standard InChI is InChI=1S/C16H21Br2NO2/c1-21-12-5-6-14(18)13(9-12)15(20)19-11-16(10-17)7-3-2-4-8-16/h5-6,9H,2-4,7-8,10-11H2,1H3,(H,19,20). The van der Waals surface area contributed by atoms with Gasteiger partial charge in [-0.05, 0) is 52.4 Å². The molecule has 0 aromatic heterocycles. The van der Waals surface area contributed by atoms with Crippen molar-refractivity contribution in [2.45, 2.75) is 32.1 Å². The summed E-state index contributed by atoms with van der Waals surface area (Å²) >= 11 is 7.06. The van der Waals surface area contributed by atoms with E-state index in [2.05, 4.69) is 37.2 Å². The molecule has 1 N–H and O–H groups in total. The molecular formula is C16H21Br2NO2. The number of rotatable bonds is 5. The Morgan fingerprint density at radius 2 is 2.05 bits per heavy atom. The number of halogens is 2. The lowest BCUT2D eigenvalue weighted by atomic mass is 9.75. The molecule has 1 aromatic rings. The number of nitrogens with one attached hydrogen (secondary N) is 1. The zero-order valence-electron chi connectivity index (χ0n) is 12.3. The second-order valence-electron chi connectivity index (χ2n) is 5.72. The maximum Gasteiger partial charge on any atom is 0.252 e. The molecule has 0 bridgehead atoms. The van der Waals surface area contributed by atoms with E-state index in [4.69, 9.17) is 4.74 Å². The van der Waals surface area contributed by atoms with E-state index in [1.807, 2.05) is 12.1 Å². The Labute approximate surface area is 143 Å². The van der Waals surface area contributed by atoms with Gasteiger partial charge in [-0.1, -0.05) is 35.2 Å². The van der Waals surface area contributed by atoms with Crippen LogP contribution < -0.4 is 10.1 Å². The van der Waals surface area contributed by atoms with Gasteiger partial charge in [-0.15, -0.1) is 0 Å². The van der Waals surface area contributed by atoms with Crippen LogP contribution in [0.15, 0.2) is 22.7 Å². The fourth-order valence-corrected chi connectivity index (χ4v) is 4.01. The van der Waals surface area contributed by atoms with E-state index >= 15 is 0 Å². The van der Waals surface area contributed by atoms with Crippen molar-refractivity contribution in [1.82, 2.24) is 5.32 Å². The highest BCUT2D eigenvalue weighted by Crippen LogP contribution is 2.37. The molecule has 1 fully saturated rings. The van der Waals surface area contributed by atoms with E-state index < -0.39 is 0 Å². The third-order valence-corrected chi connectivity index (χ3v) is 6.12. The SMILES string of the molecule is COc1ccc(Br)c(C(=O)NCC2(CBr)CCCCC2)c1. The minimum atomic E-state index is -0.0494. The first-order valence-corrected chi connectivity index (χ1v) is 9.19. The van der Waals surface area contributed by atoms with Crippen molar-refractivity contribution in [3.63, 3.8) is 0 Å². The molecule has 116 valence electrons. The van der Waals surface area contributed by atoms with Crippen molar-refractivity contribution >= 4 is 37.8 Å². The molecule has 0 unspecified atom stereocenters. The third-order valence-electron chi connectivity index (χ3n) is 4.24. The van der Waals surface area contributed by atoms with Crippen molar-refractivity contribution in [3.8, 4) is 5.75 Å². The molecule has 0 atom stereocenters. The van der Waals surface area contributed by atoms with Gasteiger partial charge in [0.1, 0.15) is 5.75 Å². The third kappa shape index (κ3) is 4.22. The molecular weight excluding hydrogens is 398 g/mol. The highest BCUT2D eigenvalue weighted by molar-refractivity contribution is 9.10. The maximum atomic E-state index is 12.4. The number of carbonyl (C=O) groups is 1. The number of carbonyl (C=O) groups excluding carboxylic acids is 1. The van der Waals surface area contributed by atoms with Crippen LogP contribution in [0.4, 0.5) is 0 Å². The molecule has 5 heteroatoms. The van der Waals surface area contributed by atoms with Gasteiger partial charge in [-0.25, -0.2) is 0 Å². The van der Waals surface area contributed by atoms with Crippen LogP contribution in [-0.4, -0.2) is 24.9 Å². The Bertz CT molecular complexity index is 499. The Morgan fingerprint density at radius 3 is 2.67 bits per heavy atom. The summed E-state index contributed by atoms with van der Waals surface area (Å²) in [6.07, 6.45) is 6.17. The van der Waals surface area contributed by atoms with Crippen LogP contribution in [0, 0.1) is 5.41 Å². The zero-order chi connectivity index (χ0) is 15.3. The lowest BCUT2D eigenvalue weighted by molar-refractivity contribution is 0.0921. The fourth-order valence-electron chi connectivity index (χ4n) is 2.83. The molecule has 0 aliphatic heterocycles. The second-order valence-corrected chi connectivity index (χ2v) is 7.14. The summed E-state index contributed by atoms with van der Waals surface area (Å²) in [5.41, 5.74) is 0.828. The minimum absolute atomic E-state index is 0.0494. The monoisotopic (exact) mass is 417 g/mol. The normalized spacial score (nSPS) is 17.3. The average Bonchev–Trinajstić information content (AvgIpc) is 2.54. The second kappa shape index (κ2) is 7.63. The van der Waals surface area contributed by atoms with Gasteiger partial charge in [0.2, 0.25) is 0 Å². The Hall–Kier alpha value is -0.550. The first-order chi connectivity index (χ1) is 10.1. The summed E-state index contributed by atoms with van der Waals surface area (Å²) in [4.78, 5) is 12.4. The van der Waals surface area contributed by atoms with Crippen molar-refractivity contribution in [3.05, 3.63) is 28.2 Å². The first kappa shape index (κ1) is 16.8. The summed E-state index contributed by atoms with van der Waals surface area (Å²) in [6.45, 7) is 0.723. The van der Waals surface area contributed by atoms with Crippen LogP contribution in [0.5, 0.6) is 5.75 Å². The van der Waals surface area contributed by atoms with E-state index in [1.54, 1.807) is 13.2 Å². The highest BCUT2D eigenvalue weighted by atomic mass is 79.9. The molecule has 1 amide bonds. The molecule has 1 aliphatic carbocycles. The quantitative estimate of drug-likeness (QED) is 0.713. The molecule has 1 aliphatic rings. The predicted octanol–water partition coefficient (Wildman–Crippen LogP) is 4.53. The average molecular weight is 419 g/mol. The molecule has 0 heterocycles.